The molecular weight excluding hydrogens is 261 g/mol. The molecule has 12 heteroatoms. The fourth-order valence-electron chi connectivity index (χ4n) is 0.344. The van der Waals surface area contributed by atoms with Crippen LogP contribution in [-0.2, 0) is 10.0 Å². The first-order chi connectivity index (χ1) is 5.75. The lowest BCUT2D eigenvalue weighted by atomic mass is 10.3. The van der Waals surface area contributed by atoms with Gasteiger partial charge in [-0.15, -0.1) is 0 Å². The molecule has 0 aliphatic carbocycles. The molecule has 0 heterocycles. The molecular formula is C3H5F7N2O2S. The minimum atomic E-state index is -6.73. The molecule has 0 unspecified atom stereocenters. The molecule has 4 nitrogen and oxygen atoms in total. The molecule has 0 saturated carbocycles. The Kier molecular flexibility index (Phi) is 4.20. The van der Waals surface area contributed by atoms with Gasteiger partial charge in [-0.2, -0.15) is 30.7 Å². The average molecular weight is 266 g/mol. The first kappa shape index (κ1) is 16.8. The van der Waals surface area contributed by atoms with Crippen LogP contribution >= 0.6 is 0 Å². The molecule has 15 heavy (non-hydrogen) atoms. The zero-order chi connectivity index (χ0) is 12.0. The lowest BCUT2D eigenvalue weighted by Crippen LogP contribution is -2.57. The summed E-state index contributed by atoms with van der Waals surface area (Å²) in [5.74, 6) is -6.73. The maximum atomic E-state index is 12.0. The monoisotopic (exact) mass is 266 g/mol. The second-order valence-corrected chi connectivity index (χ2v) is 3.74. The highest BCUT2D eigenvalue weighted by Gasteiger charge is 2.78. The van der Waals surface area contributed by atoms with E-state index in [0.717, 1.165) is 0 Å². The normalized spacial score (nSPS) is 14.7. The molecule has 0 aromatic rings. The third-order valence-electron chi connectivity index (χ3n) is 1.08. The van der Waals surface area contributed by atoms with Crippen molar-refractivity contribution in [2.24, 2.45) is 5.14 Å². The lowest BCUT2D eigenvalue weighted by Gasteiger charge is -2.25. The van der Waals surface area contributed by atoms with E-state index in [9.17, 15) is 39.2 Å². The van der Waals surface area contributed by atoms with Crippen LogP contribution in [-0.4, -0.2) is 25.8 Å². The summed E-state index contributed by atoms with van der Waals surface area (Å²) in [6.07, 6.45) is -6.71. The van der Waals surface area contributed by atoms with Crippen LogP contribution in [0.5, 0.6) is 0 Å². The van der Waals surface area contributed by atoms with Gasteiger partial charge in [-0.1, -0.05) is 0 Å². The van der Waals surface area contributed by atoms with Crippen molar-refractivity contribution in [2.45, 2.75) is 17.4 Å². The predicted octanol–water partition coefficient (Wildman–Crippen LogP) is 1.23. The molecule has 0 aliphatic rings. The van der Waals surface area contributed by atoms with Crippen molar-refractivity contribution in [1.82, 2.24) is 6.15 Å². The summed E-state index contributed by atoms with van der Waals surface area (Å²) in [5.41, 5.74) is 0. The standard InChI is InChI=1S/C3H2F7NO2S.H3N/c4-1(5,2(6,7)8)3(9,10)14(11,12)13;/h(H2,11,12,13);1H3. The highest BCUT2D eigenvalue weighted by Crippen LogP contribution is 2.48. The number of rotatable bonds is 2. The largest absolute Gasteiger partial charge is 0.461 e. The molecule has 0 aromatic carbocycles. The summed E-state index contributed by atoms with van der Waals surface area (Å²) < 4.78 is 101. The summed E-state index contributed by atoms with van der Waals surface area (Å²) in [5, 5.41) is -2.85. The second-order valence-electron chi connectivity index (χ2n) is 2.13. The highest BCUT2D eigenvalue weighted by atomic mass is 32.2. The minimum absolute atomic E-state index is 0. The molecule has 0 saturated heterocycles. The summed E-state index contributed by atoms with van der Waals surface area (Å²) in [7, 11) is -6.35. The number of alkyl halides is 7. The Morgan fingerprint density at radius 1 is 0.867 bits per heavy atom. The van der Waals surface area contributed by atoms with Crippen molar-refractivity contribution in [3.05, 3.63) is 0 Å². The van der Waals surface area contributed by atoms with Crippen LogP contribution in [0.25, 0.3) is 0 Å². The Labute approximate surface area is 78.9 Å². The summed E-state index contributed by atoms with van der Waals surface area (Å²) in [6, 6.07) is 0. The van der Waals surface area contributed by atoms with Crippen LogP contribution in [0.15, 0.2) is 0 Å². The summed E-state index contributed by atoms with van der Waals surface area (Å²) in [4.78, 5) is 0. The van der Waals surface area contributed by atoms with Crippen LogP contribution < -0.4 is 11.3 Å². The number of sulfonamides is 1. The van der Waals surface area contributed by atoms with E-state index in [0.29, 0.717) is 0 Å². The smallest absolute Gasteiger partial charge is 0.344 e. The highest BCUT2D eigenvalue weighted by molar-refractivity contribution is 7.90. The maximum absolute atomic E-state index is 12.0. The van der Waals surface area contributed by atoms with Gasteiger partial charge < -0.3 is 6.15 Å². The van der Waals surface area contributed by atoms with Gasteiger partial charge in [0.05, 0.1) is 0 Å². The fraction of sp³-hybridized carbons (Fsp3) is 1.00. The zero-order valence-electron chi connectivity index (χ0n) is 6.65. The summed E-state index contributed by atoms with van der Waals surface area (Å²) >= 11 is 0. The SMILES string of the molecule is N.NS(=O)(=O)C(F)(F)C(F)(F)C(F)(F)F. The minimum Gasteiger partial charge on any atom is -0.344 e. The Balaban J connectivity index is 0. The van der Waals surface area contributed by atoms with Gasteiger partial charge in [0.2, 0.25) is 0 Å². The molecule has 94 valence electrons. The first-order valence-electron chi connectivity index (χ1n) is 2.60. The van der Waals surface area contributed by atoms with Crippen LogP contribution in [0.2, 0.25) is 0 Å². The number of hydrogen-bond donors (Lipinski definition) is 2. The molecule has 0 amide bonds. The van der Waals surface area contributed by atoms with Crippen molar-refractivity contribution in [2.75, 3.05) is 0 Å². The van der Waals surface area contributed by atoms with Crippen LogP contribution in [0.1, 0.15) is 0 Å². The quantitative estimate of drug-likeness (QED) is 0.736. The van der Waals surface area contributed by atoms with Crippen molar-refractivity contribution in [3.8, 4) is 0 Å². The molecule has 5 N–H and O–H groups in total. The van der Waals surface area contributed by atoms with E-state index >= 15 is 0 Å². The molecule has 0 rings (SSSR count). The topological polar surface area (TPSA) is 95.2 Å². The van der Waals surface area contributed by atoms with Gasteiger partial charge in [-0.25, -0.2) is 13.6 Å². The Morgan fingerprint density at radius 2 is 1.13 bits per heavy atom. The van der Waals surface area contributed by atoms with Gasteiger partial charge in [0.1, 0.15) is 0 Å². The fourth-order valence-corrected chi connectivity index (χ4v) is 0.817. The van der Waals surface area contributed by atoms with Gasteiger partial charge in [-0.05, 0) is 0 Å². The average Bonchev–Trinajstić information content (AvgIpc) is 1.81. The van der Waals surface area contributed by atoms with Gasteiger partial charge in [0.25, 0.3) is 10.0 Å². The van der Waals surface area contributed by atoms with Gasteiger partial charge >= 0.3 is 17.4 Å². The first-order valence-corrected chi connectivity index (χ1v) is 4.14. The second kappa shape index (κ2) is 3.75. The number of nitrogens with two attached hydrogens (primary N) is 1. The molecule has 0 bridgehead atoms. The molecule has 0 spiro atoms. The van der Waals surface area contributed by atoms with E-state index in [1.54, 1.807) is 0 Å². The third-order valence-corrected chi connectivity index (χ3v) is 2.05. The molecule has 0 fully saturated rings. The Morgan fingerprint density at radius 3 is 1.20 bits per heavy atom. The van der Waals surface area contributed by atoms with Crippen molar-refractivity contribution >= 4 is 10.0 Å². The Bertz CT molecular complexity index is 320. The molecule has 0 atom stereocenters. The van der Waals surface area contributed by atoms with Crippen molar-refractivity contribution < 1.29 is 39.2 Å². The van der Waals surface area contributed by atoms with Gasteiger partial charge in [-0.3, -0.25) is 0 Å². The van der Waals surface area contributed by atoms with E-state index in [2.05, 4.69) is 5.14 Å². The Hall–Kier alpha value is -0.620. The summed E-state index contributed by atoms with van der Waals surface area (Å²) in [6.45, 7) is 0. The van der Waals surface area contributed by atoms with Crippen molar-refractivity contribution in [1.29, 1.82) is 0 Å². The van der Waals surface area contributed by atoms with Crippen LogP contribution in [0.4, 0.5) is 30.7 Å². The van der Waals surface area contributed by atoms with Crippen LogP contribution in [0.3, 0.4) is 0 Å². The third kappa shape index (κ3) is 2.49. The van der Waals surface area contributed by atoms with Crippen LogP contribution in [0, 0.1) is 0 Å². The number of primary sulfonamides is 1. The molecule has 0 radical (unpaired) electrons. The van der Waals surface area contributed by atoms with Gasteiger partial charge in [0.15, 0.2) is 0 Å². The van der Waals surface area contributed by atoms with E-state index in [4.69, 9.17) is 0 Å². The van der Waals surface area contributed by atoms with Gasteiger partial charge in [0, 0.05) is 0 Å². The van der Waals surface area contributed by atoms with Crippen molar-refractivity contribution in [3.63, 3.8) is 0 Å². The number of halogens is 7. The predicted molar refractivity (Wildman–Crippen MR) is 34.1 cm³/mol. The van der Waals surface area contributed by atoms with E-state index in [1.165, 1.54) is 0 Å². The molecule has 0 aromatic heterocycles. The van der Waals surface area contributed by atoms with E-state index < -0.39 is 27.4 Å². The lowest BCUT2D eigenvalue weighted by molar-refractivity contribution is -0.332. The maximum Gasteiger partial charge on any atom is 0.461 e. The zero-order valence-corrected chi connectivity index (χ0v) is 7.47. The molecule has 0 aliphatic heterocycles. The number of hydrogen-bond acceptors (Lipinski definition) is 3. The van der Waals surface area contributed by atoms with E-state index in [-0.39, 0.29) is 6.15 Å². The van der Waals surface area contributed by atoms with E-state index in [1.807, 2.05) is 0 Å².